The van der Waals surface area contributed by atoms with Gasteiger partial charge in [0.1, 0.15) is 0 Å². The second kappa shape index (κ2) is 7.19. The van der Waals surface area contributed by atoms with Gasteiger partial charge in [-0.25, -0.2) is 9.97 Å². The molecule has 0 radical (unpaired) electrons. The molecule has 4 rings (SSSR count). The fourth-order valence-corrected chi connectivity index (χ4v) is 3.57. The van der Waals surface area contributed by atoms with Crippen molar-refractivity contribution in [3.63, 3.8) is 0 Å². The molecule has 1 amide bonds. The Hall–Kier alpha value is -3.21. The molecule has 1 aromatic heterocycles. The van der Waals surface area contributed by atoms with E-state index in [1.54, 1.807) is 12.4 Å². The molecule has 0 saturated heterocycles. The molecule has 2 heterocycles. The zero-order valence-electron chi connectivity index (χ0n) is 15.5. The van der Waals surface area contributed by atoms with Crippen LogP contribution in [0.2, 0.25) is 0 Å². The number of nitrogens with zero attached hydrogens (tertiary/aromatic N) is 4. The lowest BCUT2D eigenvalue weighted by molar-refractivity contribution is 0.0981. The largest absolute Gasteiger partial charge is 0.340 e. The predicted molar refractivity (Wildman–Crippen MR) is 107 cm³/mol. The minimum atomic E-state index is -0.0512. The van der Waals surface area contributed by atoms with E-state index in [1.807, 2.05) is 53.2 Å². The van der Waals surface area contributed by atoms with E-state index in [2.05, 4.69) is 35.1 Å². The number of carbonyl (C=O) groups excluding carboxylic acids is 1. The molecule has 0 N–H and O–H groups in total. The van der Waals surface area contributed by atoms with E-state index in [0.717, 1.165) is 12.1 Å². The molecule has 0 saturated carbocycles. The lowest BCUT2D eigenvalue weighted by Gasteiger charge is -2.23. The van der Waals surface area contributed by atoms with Crippen molar-refractivity contribution in [2.24, 2.45) is 0 Å². The van der Waals surface area contributed by atoms with Crippen LogP contribution in [0.3, 0.4) is 0 Å². The molecule has 1 unspecified atom stereocenters. The van der Waals surface area contributed by atoms with E-state index in [0.29, 0.717) is 18.1 Å². The number of anilines is 2. The van der Waals surface area contributed by atoms with Crippen molar-refractivity contribution in [2.45, 2.75) is 25.9 Å². The van der Waals surface area contributed by atoms with Gasteiger partial charge < -0.3 is 9.80 Å². The normalized spacial score (nSPS) is 15.5. The summed E-state index contributed by atoms with van der Waals surface area (Å²) in [4.78, 5) is 25.7. The van der Waals surface area contributed by atoms with Crippen molar-refractivity contribution >= 4 is 17.5 Å². The van der Waals surface area contributed by atoms with Gasteiger partial charge >= 0.3 is 0 Å². The number of fused-ring (bicyclic) bond motifs is 1. The van der Waals surface area contributed by atoms with Crippen LogP contribution in [0.15, 0.2) is 67.0 Å². The highest BCUT2D eigenvalue weighted by molar-refractivity contribution is 6.07. The minimum absolute atomic E-state index is 0.0512. The summed E-state index contributed by atoms with van der Waals surface area (Å²) in [6.45, 7) is 2.78. The number of para-hydroxylation sites is 1. The van der Waals surface area contributed by atoms with Crippen molar-refractivity contribution in [1.29, 1.82) is 0 Å². The third kappa shape index (κ3) is 3.40. The number of benzene rings is 2. The Morgan fingerprint density at radius 3 is 2.48 bits per heavy atom. The molecular weight excluding hydrogens is 336 g/mol. The van der Waals surface area contributed by atoms with Crippen molar-refractivity contribution in [3.8, 4) is 0 Å². The first-order chi connectivity index (χ1) is 13.1. The van der Waals surface area contributed by atoms with Crippen LogP contribution in [-0.2, 0) is 13.0 Å². The van der Waals surface area contributed by atoms with Crippen LogP contribution >= 0.6 is 0 Å². The Morgan fingerprint density at radius 1 is 1.07 bits per heavy atom. The monoisotopic (exact) mass is 358 g/mol. The van der Waals surface area contributed by atoms with Crippen LogP contribution < -0.4 is 9.80 Å². The average Bonchev–Trinajstić information content (AvgIpc) is 3.04. The third-order valence-electron chi connectivity index (χ3n) is 4.92. The minimum Gasteiger partial charge on any atom is -0.340 e. The summed E-state index contributed by atoms with van der Waals surface area (Å²) in [5.74, 6) is 0.551. The molecule has 0 bridgehead atoms. The van der Waals surface area contributed by atoms with Crippen LogP contribution in [0.25, 0.3) is 0 Å². The van der Waals surface area contributed by atoms with Gasteiger partial charge in [0.25, 0.3) is 5.91 Å². The maximum atomic E-state index is 13.0. The highest BCUT2D eigenvalue weighted by Crippen LogP contribution is 2.32. The highest BCUT2D eigenvalue weighted by atomic mass is 16.2. The van der Waals surface area contributed by atoms with Gasteiger partial charge in [-0.1, -0.05) is 48.5 Å². The first-order valence-corrected chi connectivity index (χ1v) is 9.12. The van der Waals surface area contributed by atoms with E-state index in [4.69, 9.17) is 0 Å². The van der Waals surface area contributed by atoms with E-state index in [9.17, 15) is 4.79 Å². The lowest BCUT2D eigenvalue weighted by Crippen LogP contribution is -2.36. The molecule has 0 spiro atoms. The molecule has 1 atom stereocenters. The van der Waals surface area contributed by atoms with Gasteiger partial charge in [-0.3, -0.25) is 4.79 Å². The molecule has 1 aliphatic heterocycles. The van der Waals surface area contributed by atoms with Gasteiger partial charge in [-0.15, -0.1) is 0 Å². The summed E-state index contributed by atoms with van der Waals surface area (Å²) in [6, 6.07) is 18.4. The maximum Gasteiger partial charge on any atom is 0.261 e. The molecule has 27 heavy (non-hydrogen) atoms. The van der Waals surface area contributed by atoms with Crippen LogP contribution in [0.1, 0.15) is 28.4 Å². The Labute approximate surface area is 159 Å². The van der Waals surface area contributed by atoms with E-state index in [-0.39, 0.29) is 11.9 Å². The van der Waals surface area contributed by atoms with Gasteiger partial charge in [0.05, 0.1) is 5.56 Å². The molecule has 5 nitrogen and oxygen atoms in total. The number of hydrogen-bond donors (Lipinski definition) is 0. The Balaban J connectivity index is 1.51. The van der Waals surface area contributed by atoms with E-state index < -0.39 is 0 Å². The Kier molecular flexibility index (Phi) is 4.59. The molecule has 2 aromatic carbocycles. The molecule has 136 valence electrons. The summed E-state index contributed by atoms with van der Waals surface area (Å²) in [6.07, 6.45) is 4.13. The standard InChI is InChI=1S/C22H22N4O/c1-16-12-18-10-6-7-11-20(18)26(16)21(27)19-13-23-22(24-14-19)25(2)15-17-8-4-3-5-9-17/h3-11,13-14,16H,12,15H2,1-2H3. The first-order valence-electron chi connectivity index (χ1n) is 9.12. The second-order valence-electron chi connectivity index (χ2n) is 6.97. The number of aromatic nitrogens is 2. The number of carbonyl (C=O) groups is 1. The zero-order valence-corrected chi connectivity index (χ0v) is 15.5. The fraction of sp³-hybridized carbons (Fsp3) is 0.227. The smallest absolute Gasteiger partial charge is 0.261 e. The van der Waals surface area contributed by atoms with Gasteiger partial charge in [-0.2, -0.15) is 0 Å². The van der Waals surface area contributed by atoms with Crippen molar-refractivity contribution in [1.82, 2.24) is 9.97 Å². The summed E-state index contributed by atoms with van der Waals surface area (Å²) in [5.41, 5.74) is 3.89. The Morgan fingerprint density at radius 2 is 1.74 bits per heavy atom. The number of hydrogen-bond acceptors (Lipinski definition) is 4. The summed E-state index contributed by atoms with van der Waals surface area (Å²) in [5, 5.41) is 0. The average molecular weight is 358 g/mol. The lowest BCUT2D eigenvalue weighted by atomic mass is 10.1. The molecule has 1 aliphatic rings. The molecular formula is C22H22N4O. The topological polar surface area (TPSA) is 49.3 Å². The van der Waals surface area contributed by atoms with Crippen LogP contribution in [0.5, 0.6) is 0 Å². The van der Waals surface area contributed by atoms with Crippen LogP contribution in [0.4, 0.5) is 11.6 Å². The molecule has 0 aliphatic carbocycles. The van der Waals surface area contributed by atoms with E-state index >= 15 is 0 Å². The van der Waals surface area contributed by atoms with Gasteiger partial charge in [0.2, 0.25) is 5.95 Å². The van der Waals surface area contributed by atoms with Crippen molar-refractivity contribution < 1.29 is 4.79 Å². The van der Waals surface area contributed by atoms with Gasteiger partial charge in [0.15, 0.2) is 0 Å². The maximum absolute atomic E-state index is 13.0. The quantitative estimate of drug-likeness (QED) is 0.713. The Bertz CT molecular complexity index is 940. The predicted octanol–water partition coefficient (Wildman–Crippen LogP) is 3.70. The van der Waals surface area contributed by atoms with Crippen molar-refractivity contribution in [2.75, 3.05) is 16.8 Å². The summed E-state index contributed by atoms with van der Waals surface area (Å²) in [7, 11) is 1.95. The molecule has 0 fully saturated rings. The number of amides is 1. The van der Waals surface area contributed by atoms with Crippen LogP contribution in [-0.4, -0.2) is 29.0 Å². The zero-order chi connectivity index (χ0) is 18.8. The highest BCUT2D eigenvalue weighted by Gasteiger charge is 2.31. The fourth-order valence-electron chi connectivity index (χ4n) is 3.57. The van der Waals surface area contributed by atoms with Gasteiger partial charge in [0, 0.05) is 37.7 Å². The van der Waals surface area contributed by atoms with Crippen LogP contribution in [0, 0.1) is 0 Å². The molecule has 5 heteroatoms. The van der Waals surface area contributed by atoms with Gasteiger partial charge in [-0.05, 0) is 30.5 Å². The second-order valence-corrected chi connectivity index (χ2v) is 6.97. The first kappa shape index (κ1) is 17.2. The summed E-state index contributed by atoms with van der Waals surface area (Å²) < 4.78 is 0. The number of rotatable bonds is 4. The van der Waals surface area contributed by atoms with E-state index in [1.165, 1.54) is 11.1 Å². The summed E-state index contributed by atoms with van der Waals surface area (Å²) >= 11 is 0. The van der Waals surface area contributed by atoms with Crippen molar-refractivity contribution in [3.05, 3.63) is 83.7 Å². The molecule has 3 aromatic rings. The third-order valence-corrected chi connectivity index (χ3v) is 4.92. The SMILES string of the molecule is CC1Cc2ccccc2N1C(=O)c1cnc(N(C)Cc2ccccc2)nc1.